The number of hydrogen-bond donors (Lipinski definition) is 2. The van der Waals surface area contributed by atoms with E-state index in [1.54, 1.807) is 24.3 Å². The first kappa shape index (κ1) is 29.6. The van der Waals surface area contributed by atoms with E-state index in [1.807, 2.05) is 6.07 Å². The Balaban J connectivity index is 1.57. The molecule has 0 atom stereocenters. The number of alkyl halides is 3. The van der Waals surface area contributed by atoms with E-state index in [-0.39, 0.29) is 23.2 Å². The van der Waals surface area contributed by atoms with Gasteiger partial charge in [0.05, 0.1) is 35.4 Å². The standard InChI is InChI=1S/C29H35F3N4O3S/c1-35(2)21-12-10-20(11-13-21)34-25-8-5-9-27-24(25)17-22(36(27)19-29(30,31)32)7-6-16-33-26-15-14-23(40(4,37)38)18-28(26)39-3/h5,8-9,14-15,17-18,20-21,33-34H,10-13,16,19H2,1-4H3/t20-,21-. The number of nitrogens with zero attached hydrogens (tertiary/aromatic N) is 2. The third kappa shape index (κ3) is 7.23. The Labute approximate surface area is 233 Å². The summed E-state index contributed by atoms with van der Waals surface area (Å²) in [5.41, 5.74) is 2.07. The summed E-state index contributed by atoms with van der Waals surface area (Å²) in [6.07, 6.45) is 0.827. The highest BCUT2D eigenvalue weighted by molar-refractivity contribution is 7.90. The average molecular weight is 577 g/mol. The molecule has 2 N–H and O–H groups in total. The normalized spacial score (nSPS) is 17.9. The fraction of sp³-hybridized carbons (Fsp3) is 0.448. The second-order valence-corrected chi connectivity index (χ2v) is 12.4. The number of hydrogen-bond acceptors (Lipinski definition) is 6. The Bertz CT molecular complexity index is 1510. The Hall–Kier alpha value is -3.36. The molecule has 0 amide bonds. The van der Waals surface area contributed by atoms with E-state index in [0.29, 0.717) is 28.4 Å². The van der Waals surface area contributed by atoms with E-state index in [0.717, 1.165) is 37.6 Å². The molecule has 4 rings (SSSR count). The van der Waals surface area contributed by atoms with Crippen LogP contribution in [-0.2, 0) is 16.4 Å². The molecule has 1 heterocycles. The fourth-order valence-corrected chi connectivity index (χ4v) is 5.78. The van der Waals surface area contributed by atoms with Gasteiger partial charge in [0.1, 0.15) is 12.3 Å². The second-order valence-electron chi connectivity index (χ2n) is 10.4. The highest BCUT2D eigenvalue weighted by Crippen LogP contribution is 2.33. The minimum Gasteiger partial charge on any atom is -0.495 e. The number of sulfone groups is 1. The van der Waals surface area contributed by atoms with Crippen molar-refractivity contribution in [3.8, 4) is 17.6 Å². The first-order valence-electron chi connectivity index (χ1n) is 13.1. The minimum absolute atomic E-state index is 0.113. The van der Waals surface area contributed by atoms with E-state index in [9.17, 15) is 21.6 Å². The van der Waals surface area contributed by atoms with E-state index in [1.165, 1.54) is 23.8 Å². The lowest BCUT2D eigenvalue weighted by Crippen LogP contribution is -2.36. The van der Waals surface area contributed by atoms with Crippen molar-refractivity contribution in [2.75, 3.05) is 44.6 Å². The summed E-state index contributed by atoms with van der Waals surface area (Å²) in [7, 11) is 2.20. The van der Waals surface area contributed by atoms with Crippen LogP contribution in [0.15, 0.2) is 47.4 Å². The molecule has 11 heteroatoms. The van der Waals surface area contributed by atoms with Gasteiger partial charge in [-0.3, -0.25) is 0 Å². The van der Waals surface area contributed by atoms with E-state index in [2.05, 4.69) is 41.5 Å². The number of fused-ring (bicyclic) bond motifs is 1. The molecule has 7 nitrogen and oxygen atoms in total. The predicted octanol–water partition coefficient (Wildman–Crippen LogP) is 5.36. The number of nitrogens with one attached hydrogen (secondary N) is 2. The number of rotatable bonds is 8. The molecule has 0 radical (unpaired) electrons. The first-order chi connectivity index (χ1) is 18.9. The van der Waals surface area contributed by atoms with Crippen LogP contribution in [-0.4, -0.2) is 70.2 Å². The number of halogens is 3. The molecular formula is C29H35F3N4O3S. The highest BCUT2D eigenvalue weighted by atomic mass is 32.2. The largest absolute Gasteiger partial charge is 0.495 e. The smallest absolute Gasteiger partial charge is 0.406 e. The fourth-order valence-electron chi connectivity index (χ4n) is 5.14. The first-order valence-corrected chi connectivity index (χ1v) is 15.0. The van der Waals surface area contributed by atoms with Crippen molar-refractivity contribution in [3.05, 3.63) is 48.2 Å². The molecule has 0 saturated heterocycles. The highest BCUT2D eigenvalue weighted by Gasteiger charge is 2.30. The summed E-state index contributed by atoms with van der Waals surface area (Å²) >= 11 is 0. The zero-order chi connectivity index (χ0) is 29.1. The maximum absolute atomic E-state index is 13.6. The van der Waals surface area contributed by atoms with Crippen LogP contribution in [0.5, 0.6) is 5.75 Å². The molecule has 0 bridgehead atoms. The van der Waals surface area contributed by atoms with Crippen molar-refractivity contribution in [2.45, 2.75) is 55.4 Å². The number of benzene rings is 2. The van der Waals surface area contributed by atoms with Crippen LogP contribution in [0.4, 0.5) is 24.5 Å². The lowest BCUT2D eigenvalue weighted by molar-refractivity contribution is -0.140. The van der Waals surface area contributed by atoms with Gasteiger partial charge in [0, 0.05) is 35.5 Å². The van der Waals surface area contributed by atoms with E-state index in [4.69, 9.17) is 4.74 Å². The van der Waals surface area contributed by atoms with Crippen LogP contribution in [0.3, 0.4) is 0 Å². The number of ether oxygens (including phenoxy) is 1. The van der Waals surface area contributed by atoms with E-state index < -0.39 is 22.6 Å². The Morgan fingerprint density at radius 1 is 1.07 bits per heavy atom. The second kappa shape index (κ2) is 12.0. The van der Waals surface area contributed by atoms with Crippen molar-refractivity contribution in [3.63, 3.8) is 0 Å². The zero-order valence-corrected chi connectivity index (χ0v) is 23.9. The molecule has 1 aromatic heterocycles. The average Bonchev–Trinajstić information content (AvgIpc) is 3.23. The molecule has 0 unspecified atom stereocenters. The molecule has 1 fully saturated rings. The van der Waals surface area contributed by atoms with Gasteiger partial charge < -0.3 is 24.8 Å². The number of anilines is 2. The third-order valence-corrected chi connectivity index (χ3v) is 8.36. The summed E-state index contributed by atoms with van der Waals surface area (Å²) in [6, 6.07) is 12.3. The zero-order valence-electron chi connectivity index (χ0n) is 23.1. The van der Waals surface area contributed by atoms with Crippen LogP contribution in [0.25, 0.3) is 10.9 Å². The maximum Gasteiger partial charge on any atom is 0.406 e. The summed E-state index contributed by atoms with van der Waals surface area (Å²) in [4.78, 5) is 2.36. The van der Waals surface area contributed by atoms with Crippen LogP contribution >= 0.6 is 0 Å². The van der Waals surface area contributed by atoms with Gasteiger partial charge in [-0.15, -0.1) is 0 Å². The van der Waals surface area contributed by atoms with E-state index >= 15 is 0 Å². The van der Waals surface area contributed by atoms with Gasteiger partial charge in [0.15, 0.2) is 9.84 Å². The molecule has 3 aromatic rings. The molecule has 2 aromatic carbocycles. The van der Waals surface area contributed by atoms with Gasteiger partial charge in [-0.05, 0) is 76.0 Å². The van der Waals surface area contributed by atoms with Crippen LogP contribution in [0, 0.1) is 11.8 Å². The monoisotopic (exact) mass is 576 g/mol. The van der Waals surface area contributed by atoms with Crippen molar-refractivity contribution in [2.24, 2.45) is 0 Å². The molecule has 1 aliphatic carbocycles. The van der Waals surface area contributed by atoms with Gasteiger partial charge >= 0.3 is 6.18 Å². The Kier molecular flexibility index (Phi) is 8.90. The molecule has 1 saturated carbocycles. The third-order valence-electron chi connectivity index (χ3n) is 7.25. The Morgan fingerprint density at radius 2 is 1.80 bits per heavy atom. The quantitative estimate of drug-likeness (QED) is 0.352. The van der Waals surface area contributed by atoms with Crippen molar-refractivity contribution >= 4 is 32.1 Å². The molecular weight excluding hydrogens is 541 g/mol. The van der Waals surface area contributed by atoms with Crippen LogP contribution in [0.1, 0.15) is 31.4 Å². The van der Waals surface area contributed by atoms with Crippen molar-refractivity contribution in [1.82, 2.24) is 9.47 Å². The summed E-state index contributed by atoms with van der Waals surface area (Å²) in [5.74, 6) is 6.13. The SMILES string of the molecule is COc1cc(S(C)(=O)=O)ccc1NCC#Cc1cc2c(N[C@H]3CC[C@H](N(C)C)CC3)cccc2n1CC(F)(F)F. The molecule has 0 aliphatic heterocycles. The van der Waals surface area contributed by atoms with Crippen LogP contribution < -0.4 is 15.4 Å². The maximum atomic E-state index is 13.6. The predicted molar refractivity (Wildman–Crippen MR) is 153 cm³/mol. The van der Waals surface area contributed by atoms with Gasteiger partial charge in [0.2, 0.25) is 0 Å². The Morgan fingerprint density at radius 3 is 2.42 bits per heavy atom. The van der Waals surface area contributed by atoms with Crippen LogP contribution in [0.2, 0.25) is 0 Å². The topological polar surface area (TPSA) is 75.6 Å². The molecule has 40 heavy (non-hydrogen) atoms. The minimum atomic E-state index is -4.41. The molecule has 216 valence electrons. The van der Waals surface area contributed by atoms with Gasteiger partial charge in [-0.2, -0.15) is 13.2 Å². The number of aromatic nitrogens is 1. The molecule has 1 aliphatic rings. The summed E-state index contributed by atoms with van der Waals surface area (Å²) < 4.78 is 70.8. The van der Waals surface area contributed by atoms with Gasteiger partial charge in [0.25, 0.3) is 0 Å². The summed E-state index contributed by atoms with van der Waals surface area (Å²) in [5, 5.41) is 7.33. The van der Waals surface area contributed by atoms with Gasteiger partial charge in [-0.1, -0.05) is 12.0 Å². The lowest BCUT2D eigenvalue weighted by atomic mass is 9.90. The van der Waals surface area contributed by atoms with Gasteiger partial charge in [-0.25, -0.2) is 8.42 Å². The lowest BCUT2D eigenvalue weighted by Gasteiger charge is -2.33. The summed E-state index contributed by atoms with van der Waals surface area (Å²) in [6.45, 7) is -1.03. The van der Waals surface area contributed by atoms with Crippen molar-refractivity contribution < 1.29 is 26.3 Å². The van der Waals surface area contributed by atoms with Crippen molar-refractivity contribution in [1.29, 1.82) is 0 Å². The number of methoxy groups -OCH3 is 1. The molecule has 0 spiro atoms.